The van der Waals surface area contributed by atoms with Gasteiger partial charge in [0.2, 0.25) is 0 Å². The van der Waals surface area contributed by atoms with Crippen LogP contribution in [0.1, 0.15) is 46.5 Å². The van der Waals surface area contributed by atoms with Crippen molar-refractivity contribution in [2.24, 2.45) is 10.9 Å². The van der Waals surface area contributed by atoms with Crippen molar-refractivity contribution in [1.82, 2.24) is 4.90 Å². The summed E-state index contributed by atoms with van der Waals surface area (Å²) in [6.45, 7) is 8.13. The van der Waals surface area contributed by atoms with E-state index in [1.165, 1.54) is 0 Å². The van der Waals surface area contributed by atoms with E-state index in [1.54, 1.807) is 7.11 Å². The molecule has 5 nitrogen and oxygen atoms in total. The average molecular weight is 259 g/mol. The quantitative estimate of drug-likeness (QED) is 0.272. The van der Waals surface area contributed by atoms with E-state index in [-0.39, 0.29) is 0 Å². The molecule has 108 valence electrons. The Morgan fingerprint density at radius 3 is 2.17 bits per heavy atom. The molecule has 0 aromatic heterocycles. The SMILES string of the molecule is CCC(CC)N(CCOC)C(CC)C/C(N)=N/O. The van der Waals surface area contributed by atoms with Crippen LogP contribution in [-0.2, 0) is 4.74 Å². The predicted octanol–water partition coefficient (Wildman–Crippen LogP) is 2.04. The first-order chi connectivity index (χ1) is 8.64. The molecule has 18 heavy (non-hydrogen) atoms. The molecular formula is C13H29N3O2. The van der Waals surface area contributed by atoms with Crippen LogP contribution in [0.3, 0.4) is 0 Å². The number of nitrogens with two attached hydrogens (primary N) is 1. The number of amidine groups is 1. The summed E-state index contributed by atoms with van der Waals surface area (Å²) in [7, 11) is 1.72. The molecule has 0 aromatic rings. The van der Waals surface area contributed by atoms with E-state index in [4.69, 9.17) is 15.7 Å². The summed E-state index contributed by atoms with van der Waals surface area (Å²) in [6, 6.07) is 0.831. The maximum atomic E-state index is 8.71. The van der Waals surface area contributed by atoms with Gasteiger partial charge in [0.05, 0.1) is 6.61 Å². The lowest BCUT2D eigenvalue weighted by Crippen LogP contribution is -2.46. The summed E-state index contributed by atoms with van der Waals surface area (Å²) < 4.78 is 5.18. The van der Waals surface area contributed by atoms with Crippen molar-refractivity contribution in [1.29, 1.82) is 0 Å². The van der Waals surface area contributed by atoms with E-state index in [0.717, 1.165) is 25.8 Å². The third kappa shape index (κ3) is 5.69. The Balaban J connectivity index is 4.75. The van der Waals surface area contributed by atoms with Gasteiger partial charge in [-0.3, -0.25) is 4.90 Å². The summed E-state index contributed by atoms with van der Waals surface area (Å²) in [5.74, 6) is 0.301. The molecule has 0 saturated heterocycles. The topological polar surface area (TPSA) is 71.1 Å². The first kappa shape index (κ1) is 17.2. The van der Waals surface area contributed by atoms with Crippen LogP contribution < -0.4 is 5.73 Å². The van der Waals surface area contributed by atoms with Gasteiger partial charge in [0.25, 0.3) is 0 Å². The molecule has 0 fully saturated rings. The van der Waals surface area contributed by atoms with Crippen molar-refractivity contribution in [2.75, 3.05) is 20.3 Å². The van der Waals surface area contributed by atoms with Crippen LogP contribution in [-0.4, -0.2) is 48.3 Å². The third-order valence-electron chi connectivity index (χ3n) is 3.48. The molecule has 5 heteroatoms. The summed E-state index contributed by atoms with van der Waals surface area (Å²) in [5, 5.41) is 11.8. The van der Waals surface area contributed by atoms with Crippen LogP contribution in [0.15, 0.2) is 5.16 Å². The smallest absolute Gasteiger partial charge is 0.140 e. The minimum Gasteiger partial charge on any atom is -0.409 e. The number of hydrogen-bond acceptors (Lipinski definition) is 4. The second-order valence-electron chi connectivity index (χ2n) is 4.56. The van der Waals surface area contributed by atoms with Crippen LogP contribution in [0.25, 0.3) is 0 Å². The van der Waals surface area contributed by atoms with Crippen molar-refractivity contribution >= 4 is 5.84 Å². The fraction of sp³-hybridized carbons (Fsp3) is 0.923. The minimum absolute atomic E-state index is 0.301. The highest BCUT2D eigenvalue weighted by Crippen LogP contribution is 2.17. The second kappa shape index (κ2) is 10.1. The molecule has 1 unspecified atom stereocenters. The lowest BCUT2D eigenvalue weighted by atomic mass is 10.0. The minimum atomic E-state index is 0.301. The lowest BCUT2D eigenvalue weighted by Gasteiger charge is -2.37. The zero-order chi connectivity index (χ0) is 14.0. The molecule has 0 heterocycles. The van der Waals surface area contributed by atoms with Gasteiger partial charge in [-0.2, -0.15) is 0 Å². The van der Waals surface area contributed by atoms with Crippen LogP contribution in [0.4, 0.5) is 0 Å². The molecule has 0 saturated carbocycles. The first-order valence-corrected chi connectivity index (χ1v) is 6.85. The maximum Gasteiger partial charge on any atom is 0.140 e. The Kier molecular flexibility index (Phi) is 9.69. The van der Waals surface area contributed by atoms with E-state index < -0.39 is 0 Å². The van der Waals surface area contributed by atoms with Gasteiger partial charge in [0.15, 0.2) is 0 Å². The maximum absolute atomic E-state index is 8.71. The van der Waals surface area contributed by atoms with Gasteiger partial charge >= 0.3 is 0 Å². The summed E-state index contributed by atoms with van der Waals surface area (Å²) in [5.41, 5.74) is 5.64. The normalized spacial score (nSPS) is 14.4. The van der Waals surface area contributed by atoms with E-state index >= 15 is 0 Å². The number of oxime groups is 1. The van der Waals surface area contributed by atoms with Crippen LogP contribution >= 0.6 is 0 Å². The van der Waals surface area contributed by atoms with Gasteiger partial charge in [-0.15, -0.1) is 0 Å². The van der Waals surface area contributed by atoms with Crippen molar-refractivity contribution in [2.45, 2.75) is 58.5 Å². The molecule has 0 bridgehead atoms. The monoisotopic (exact) mass is 259 g/mol. The zero-order valence-corrected chi connectivity index (χ0v) is 12.2. The Hall–Kier alpha value is -0.810. The highest BCUT2D eigenvalue weighted by molar-refractivity contribution is 5.80. The molecule has 3 N–H and O–H groups in total. The molecule has 0 aliphatic carbocycles. The zero-order valence-electron chi connectivity index (χ0n) is 12.2. The van der Waals surface area contributed by atoms with E-state index in [1.807, 2.05) is 0 Å². The van der Waals surface area contributed by atoms with Crippen molar-refractivity contribution < 1.29 is 9.94 Å². The first-order valence-electron chi connectivity index (χ1n) is 6.85. The fourth-order valence-corrected chi connectivity index (χ4v) is 2.40. The number of nitrogens with zero attached hydrogens (tertiary/aromatic N) is 2. The van der Waals surface area contributed by atoms with Crippen LogP contribution in [0.5, 0.6) is 0 Å². The lowest BCUT2D eigenvalue weighted by molar-refractivity contribution is 0.0794. The summed E-state index contributed by atoms with van der Waals surface area (Å²) in [6.07, 6.45) is 3.80. The standard InChI is InChI=1S/C13H29N3O2/c1-5-11(6-2)16(8-9-18-4)12(7-3)10-13(14)15-17/h11-12,17H,5-10H2,1-4H3,(H2,14,15). The van der Waals surface area contributed by atoms with Gasteiger partial charge < -0.3 is 15.7 Å². The Morgan fingerprint density at radius 1 is 1.22 bits per heavy atom. The Labute approximate surface area is 111 Å². The van der Waals surface area contributed by atoms with Crippen molar-refractivity contribution in [3.05, 3.63) is 0 Å². The van der Waals surface area contributed by atoms with Gasteiger partial charge in [0, 0.05) is 32.2 Å². The molecule has 0 radical (unpaired) electrons. The molecule has 1 atom stereocenters. The average Bonchev–Trinajstić information content (AvgIpc) is 2.40. The van der Waals surface area contributed by atoms with Crippen molar-refractivity contribution in [3.63, 3.8) is 0 Å². The van der Waals surface area contributed by atoms with Gasteiger partial charge in [-0.25, -0.2) is 0 Å². The molecular weight excluding hydrogens is 230 g/mol. The van der Waals surface area contributed by atoms with Gasteiger partial charge in [-0.1, -0.05) is 25.9 Å². The Morgan fingerprint density at radius 2 is 1.78 bits per heavy atom. The summed E-state index contributed by atoms with van der Waals surface area (Å²) in [4.78, 5) is 2.43. The van der Waals surface area contributed by atoms with E-state index in [2.05, 4.69) is 30.8 Å². The largest absolute Gasteiger partial charge is 0.409 e. The predicted molar refractivity (Wildman–Crippen MR) is 75.1 cm³/mol. The number of ether oxygens (including phenoxy) is 1. The van der Waals surface area contributed by atoms with Gasteiger partial charge in [-0.05, 0) is 19.3 Å². The Bertz CT molecular complexity index is 230. The summed E-state index contributed by atoms with van der Waals surface area (Å²) >= 11 is 0. The number of methoxy groups -OCH3 is 1. The van der Waals surface area contributed by atoms with E-state index in [0.29, 0.717) is 30.9 Å². The molecule has 0 amide bonds. The van der Waals surface area contributed by atoms with Crippen LogP contribution in [0.2, 0.25) is 0 Å². The molecule has 0 rings (SSSR count). The number of hydrogen-bond donors (Lipinski definition) is 2. The van der Waals surface area contributed by atoms with Gasteiger partial charge in [0.1, 0.15) is 5.84 Å². The third-order valence-corrected chi connectivity index (χ3v) is 3.48. The second-order valence-corrected chi connectivity index (χ2v) is 4.56. The highest BCUT2D eigenvalue weighted by atomic mass is 16.5. The fourth-order valence-electron chi connectivity index (χ4n) is 2.40. The molecule has 0 aliphatic heterocycles. The number of rotatable bonds is 10. The molecule has 0 aromatic carbocycles. The van der Waals surface area contributed by atoms with Crippen LogP contribution in [0, 0.1) is 0 Å². The molecule has 0 aliphatic rings. The molecule has 0 spiro atoms. The van der Waals surface area contributed by atoms with Crippen molar-refractivity contribution in [3.8, 4) is 0 Å². The highest BCUT2D eigenvalue weighted by Gasteiger charge is 2.23. The van der Waals surface area contributed by atoms with E-state index in [9.17, 15) is 0 Å².